The third-order valence-corrected chi connectivity index (χ3v) is 3.00. The average molecular weight is 168 g/mol. The number of hydrogen-bond acceptors (Lipinski definition) is 2. The lowest BCUT2D eigenvalue weighted by Gasteiger charge is -2.30. The number of hydrogen-bond donors (Lipinski definition) is 1. The molecule has 2 N–H and O–H groups in total. The predicted molar refractivity (Wildman–Crippen MR) is 46.5 cm³/mol. The van der Waals surface area contributed by atoms with Gasteiger partial charge >= 0.3 is 0 Å². The van der Waals surface area contributed by atoms with Gasteiger partial charge in [0.1, 0.15) is 0 Å². The van der Waals surface area contributed by atoms with E-state index in [2.05, 4.69) is 4.90 Å². The van der Waals surface area contributed by atoms with Gasteiger partial charge in [0, 0.05) is 12.0 Å². The van der Waals surface area contributed by atoms with Gasteiger partial charge in [-0.1, -0.05) is 0 Å². The maximum Gasteiger partial charge on any atom is 0.220 e. The minimum absolute atomic E-state index is 0.106. The van der Waals surface area contributed by atoms with Gasteiger partial charge in [-0.25, -0.2) is 0 Å². The van der Waals surface area contributed by atoms with Crippen molar-refractivity contribution >= 4 is 5.91 Å². The van der Waals surface area contributed by atoms with E-state index in [1.165, 1.54) is 12.8 Å². The van der Waals surface area contributed by atoms with E-state index in [1.807, 2.05) is 0 Å². The molecule has 0 aromatic heterocycles. The van der Waals surface area contributed by atoms with Crippen LogP contribution in [-0.2, 0) is 4.79 Å². The van der Waals surface area contributed by atoms with Gasteiger partial charge in [0.25, 0.3) is 0 Å². The van der Waals surface area contributed by atoms with Crippen molar-refractivity contribution in [2.24, 2.45) is 11.7 Å². The molecule has 1 heterocycles. The molecule has 0 spiro atoms. The quantitative estimate of drug-likeness (QED) is 0.646. The Morgan fingerprint density at radius 3 is 2.17 bits per heavy atom. The number of carbonyl (C=O) groups is 1. The standard InChI is InChI=1S/C9H16N2O/c10-9(12)7-3-5-11(6-4-7)8-1-2-8/h7-8H,1-6H2,(H2,10,12). The summed E-state index contributed by atoms with van der Waals surface area (Å²) < 4.78 is 0. The van der Waals surface area contributed by atoms with E-state index in [1.54, 1.807) is 0 Å². The minimum atomic E-state index is -0.106. The second kappa shape index (κ2) is 3.05. The van der Waals surface area contributed by atoms with Crippen LogP contribution < -0.4 is 5.73 Å². The number of rotatable bonds is 2. The molecule has 2 aliphatic rings. The fourth-order valence-electron chi connectivity index (χ4n) is 1.99. The van der Waals surface area contributed by atoms with Crippen LogP contribution in [0.4, 0.5) is 0 Å². The first kappa shape index (κ1) is 8.05. The summed E-state index contributed by atoms with van der Waals surface area (Å²) in [5.74, 6) is 0.0467. The molecule has 0 radical (unpaired) electrons. The molecular formula is C9H16N2O. The third kappa shape index (κ3) is 1.61. The van der Waals surface area contributed by atoms with Gasteiger partial charge in [0.2, 0.25) is 5.91 Å². The highest BCUT2D eigenvalue weighted by molar-refractivity contribution is 5.76. The van der Waals surface area contributed by atoms with Gasteiger partial charge in [-0.05, 0) is 38.8 Å². The van der Waals surface area contributed by atoms with E-state index in [0.29, 0.717) is 0 Å². The second-order valence-electron chi connectivity index (χ2n) is 3.94. The Morgan fingerprint density at radius 1 is 1.17 bits per heavy atom. The molecule has 1 aliphatic heterocycles. The molecule has 0 bridgehead atoms. The summed E-state index contributed by atoms with van der Waals surface area (Å²) in [6.45, 7) is 2.16. The molecule has 1 aliphatic carbocycles. The summed E-state index contributed by atoms with van der Waals surface area (Å²) in [7, 11) is 0. The molecule has 12 heavy (non-hydrogen) atoms. The Morgan fingerprint density at radius 2 is 1.75 bits per heavy atom. The van der Waals surface area contributed by atoms with Gasteiger partial charge in [0.15, 0.2) is 0 Å². The smallest absolute Gasteiger partial charge is 0.220 e. The normalized spacial score (nSPS) is 27.3. The van der Waals surface area contributed by atoms with Gasteiger partial charge in [-0.3, -0.25) is 4.79 Å². The molecule has 0 aromatic rings. The van der Waals surface area contributed by atoms with E-state index in [0.717, 1.165) is 32.0 Å². The highest BCUT2D eigenvalue weighted by Crippen LogP contribution is 2.30. The van der Waals surface area contributed by atoms with Gasteiger partial charge in [-0.15, -0.1) is 0 Å². The largest absolute Gasteiger partial charge is 0.369 e. The molecule has 1 saturated carbocycles. The Bertz CT molecular complexity index is 181. The van der Waals surface area contributed by atoms with Crippen molar-refractivity contribution in [3.63, 3.8) is 0 Å². The topological polar surface area (TPSA) is 46.3 Å². The summed E-state index contributed by atoms with van der Waals surface area (Å²) in [5.41, 5.74) is 5.25. The average Bonchev–Trinajstić information content (AvgIpc) is 2.87. The summed E-state index contributed by atoms with van der Waals surface area (Å²) in [4.78, 5) is 13.3. The molecule has 0 aromatic carbocycles. The zero-order chi connectivity index (χ0) is 8.55. The fraction of sp³-hybridized carbons (Fsp3) is 0.889. The van der Waals surface area contributed by atoms with Crippen LogP contribution in [0.5, 0.6) is 0 Å². The zero-order valence-corrected chi connectivity index (χ0v) is 7.33. The van der Waals surface area contributed by atoms with Crippen molar-refractivity contribution < 1.29 is 4.79 Å². The predicted octanol–water partition coefficient (Wildman–Crippen LogP) is 0.346. The van der Waals surface area contributed by atoms with E-state index >= 15 is 0 Å². The first-order chi connectivity index (χ1) is 5.77. The number of nitrogens with two attached hydrogens (primary N) is 1. The zero-order valence-electron chi connectivity index (χ0n) is 7.33. The van der Waals surface area contributed by atoms with Crippen molar-refractivity contribution in [3.8, 4) is 0 Å². The van der Waals surface area contributed by atoms with Crippen LogP contribution in [0.25, 0.3) is 0 Å². The minimum Gasteiger partial charge on any atom is -0.369 e. The monoisotopic (exact) mass is 168 g/mol. The molecule has 2 fully saturated rings. The van der Waals surface area contributed by atoms with Crippen molar-refractivity contribution in [1.82, 2.24) is 4.90 Å². The second-order valence-corrected chi connectivity index (χ2v) is 3.94. The summed E-state index contributed by atoms with van der Waals surface area (Å²) in [5, 5.41) is 0. The summed E-state index contributed by atoms with van der Waals surface area (Å²) >= 11 is 0. The molecule has 0 atom stereocenters. The number of carbonyl (C=O) groups excluding carboxylic acids is 1. The van der Waals surface area contributed by atoms with Crippen molar-refractivity contribution in [1.29, 1.82) is 0 Å². The Kier molecular flexibility index (Phi) is 2.05. The van der Waals surface area contributed by atoms with Crippen LogP contribution in [-0.4, -0.2) is 29.9 Å². The van der Waals surface area contributed by atoms with Crippen LogP contribution in [0.1, 0.15) is 25.7 Å². The third-order valence-electron chi connectivity index (χ3n) is 3.00. The lowest BCUT2D eigenvalue weighted by atomic mass is 9.96. The van der Waals surface area contributed by atoms with Crippen molar-refractivity contribution in [2.75, 3.05) is 13.1 Å². The number of likely N-dealkylation sites (tertiary alicyclic amines) is 1. The molecule has 1 saturated heterocycles. The maximum absolute atomic E-state index is 10.9. The van der Waals surface area contributed by atoms with Crippen LogP contribution in [0.15, 0.2) is 0 Å². The number of nitrogens with zero attached hydrogens (tertiary/aromatic N) is 1. The Hall–Kier alpha value is -0.570. The molecular weight excluding hydrogens is 152 g/mol. The lowest BCUT2D eigenvalue weighted by molar-refractivity contribution is -0.123. The first-order valence-corrected chi connectivity index (χ1v) is 4.81. The Balaban J connectivity index is 1.80. The van der Waals surface area contributed by atoms with Gasteiger partial charge in [-0.2, -0.15) is 0 Å². The van der Waals surface area contributed by atoms with E-state index in [9.17, 15) is 4.79 Å². The van der Waals surface area contributed by atoms with Crippen molar-refractivity contribution in [2.45, 2.75) is 31.7 Å². The highest BCUT2D eigenvalue weighted by Gasteiger charge is 2.32. The number of amides is 1. The summed E-state index contributed by atoms with van der Waals surface area (Å²) in [6, 6.07) is 0.846. The number of primary amides is 1. The van der Waals surface area contributed by atoms with Crippen LogP contribution in [0, 0.1) is 5.92 Å². The molecule has 0 unspecified atom stereocenters. The van der Waals surface area contributed by atoms with Crippen LogP contribution in [0.2, 0.25) is 0 Å². The van der Waals surface area contributed by atoms with E-state index in [4.69, 9.17) is 5.73 Å². The fourth-order valence-corrected chi connectivity index (χ4v) is 1.99. The van der Waals surface area contributed by atoms with E-state index in [-0.39, 0.29) is 11.8 Å². The molecule has 1 amide bonds. The van der Waals surface area contributed by atoms with Crippen molar-refractivity contribution in [3.05, 3.63) is 0 Å². The van der Waals surface area contributed by atoms with Gasteiger partial charge in [0.05, 0.1) is 0 Å². The SMILES string of the molecule is NC(=O)C1CCN(C2CC2)CC1. The number of piperidine rings is 1. The molecule has 3 heteroatoms. The maximum atomic E-state index is 10.9. The first-order valence-electron chi connectivity index (χ1n) is 4.81. The molecule has 3 nitrogen and oxygen atoms in total. The van der Waals surface area contributed by atoms with Crippen LogP contribution in [0.3, 0.4) is 0 Å². The summed E-state index contributed by atoms with van der Waals surface area (Å²) in [6.07, 6.45) is 4.68. The highest BCUT2D eigenvalue weighted by atomic mass is 16.1. The van der Waals surface area contributed by atoms with Gasteiger partial charge < -0.3 is 10.6 Å². The van der Waals surface area contributed by atoms with Crippen LogP contribution >= 0.6 is 0 Å². The Labute approximate surface area is 72.9 Å². The molecule has 68 valence electrons. The lowest BCUT2D eigenvalue weighted by Crippen LogP contribution is -2.39. The molecule has 2 rings (SSSR count). The van der Waals surface area contributed by atoms with E-state index < -0.39 is 0 Å².